The third-order valence-corrected chi connectivity index (χ3v) is 8.24. The fourth-order valence-electron chi connectivity index (χ4n) is 4.20. The molecule has 1 saturated heterocycles. The number of para-hydroxylation sites is 1. The first-order valence-electron chi connectivity index (χ1n) is 11.6. The van der Waals surface area contributed by atoms with Crippen molar-refractivity contribution in [1.29, 1.82) is 0 Å². The Kier molecular flexibility index (Phi) is 8.47. The summed E-state index contributed by atoms with van der Waals surface area (Å²) in [6.45, 7) is 0.140. The van der Waals surface area contributed by atoms with Gasteiger partial charge in [-0.15, -0.1) is 4.41 Å². The minimum Gasteiger partial charge on any atom is -0.496 e. The number of hydrazine groups is 1. The largest absolute Gasteiger partial charge is 0.496 e. The Labute approximate surface area is 230 Å². The van der Waals surface area contributed by atoms with Gasteiger partial charge in [-0.1, -0.05) is 65.7 Å². The highest BCUT2D eigenvalue weighted by atomic mass is 35.5. The number of hydrogen-bond acceptors (Lipinski definition) is 5. The van der Waals surface area contributed by atoms with Crippen molar-refractivity contribution in [2.45, 2.75) is 23.8 Å². The van der Waals surface area contributed by atoms with Crippen LogP contribution in [0.3, 0.4) is 0 Å². The molecule has 1 atom stereocenters. The van der Waals surface area contributed by atoms with Crippen LogP contribution in [0.1, 0.15) is 12.0 Å². The zero-order valence-electron chi connectivity index (χ0n) is 20.3. The van der Waals surface area contributed by atoms with Gasteiger partial charge in [-0.3, -0.25) is 0 Å². The predicted octanol–water partition coefficient (Wildman–Crippen LogP) is 4.69. The molecule has 1 aliphatic heterocycles. The molecule has 0 aliphatic carbocycles. The van der Waals surface area contributed by atoms with Crippen molar-refractivity contribution in [3.05, 3.63) is 82.3 Å². The van der Waals surface area contributed by atoms with Crippen LogP contribution < -0.4 is 10.1 Å². The number of carboxylic acids is 1. The number of halogens is 2. The van der Waals surface area contributed by atoms with E-state index in [0.717, 1.165) is 20.6 Å². The number of carboxylic acid groups (broad SMARTS) is 1. The molecule has 0 saturated carbocycles. The summed E-state index contributed by atoms with van der Waals surface area (Å²) in [4.78, 5) is 24.9. The molecular weight excluding hydrogens is 553 g/mol. The van der Waals surface area contributed by atoms with Gasteiger partial charge in [0.15, 0.2) is 0 Å². The molecule has 0 aromatic heterocycles. The number of sulfonamides is 1. The number of amides is 2. The van der Waals surface area contributed by atoms with Crippen LogP contribution in [0, 0.1) is 0 Å². The van der Waals surface area contributed by atoms with Crippen molar-refractivity contribution < 1.29 is 27.9 Å². The molecule has 0 radical (unpaired) electrons. The quantitative estimate of drug-likeness (QED) is 0.401. The molecule has 0 bridgehead atoms. The Balaban J connectivity index is 1.49. The van der Waals surface area contributed by atoms with Crippen molar-refractivity contribution in [2.75, 3.05) is 20.2 Å². The Morgan fingerprint density at radius 3 is 2.32 bits per heavy atom. The fourth-order valence-corrected chi connectivity index (χ4v) is 6.44. The number of nitrogens with zero attached hydrogens (tertiary/aromatic N) is 2. The number of methoxy groups -OCH3 is 1. The lowest BCUT2D eigenvalue weighted by atomic mass is 10.00. The predicted molar refractivity (Wildman–Crippen MR) is 144 cm³/mol. The van der Waals surface area contributed by atoms with Gasteiger partial charge in [-0.25, -0.2) is 23.0 Å². The molecule has 1 aliphatic rings. The van der Waals surface area contributed by atoms with Crippen LogP contribution in [0.2, 0.25) is 10.0 Å². The van der Waals surface area contributed by atoms with Gasteiger partial charge in [0.05, 0.1) is 12.0 Å². The van der Waals surface area contributed by atoms with Gasteiger partial charge in [-0.2, -0.15) is 0 Å². The molecule has 3 aromatic carbocycles. The summed E-state index contributed by atoms with van der Waals surface area (Å²) in [6.07, 6.45) is 0.376. The van der Waals surface area contributed by atoms with Crippen LogP contribution in [-0.2, 0) is 21.2 Å². The van der Waals surface area contributed by atoms with Crippen molar-refractivity contribution in [1.82, 2.24) is 14.7 Å². The van der Waals surface area contributed by atoms with Gasteiger partial charge in [-0.05, 0) is 41.8 Å². The number of benzene rings is 3. The van der Waals surface area contributed by atoms with Crippen LogP contribution in [0.4, 0.5) is 4.79 Å². The number of carbonyl (C=O) groups excluding carboxylic acids is 1. The maximum absolute atomic E-state index is 13.2. The third kappa shape index (κ3) is 6.05. The van der Waals surface area contributed by atoms with E-state index in [0.29, 0.717) is 17.7 Å². The lowest BCUT2D eigenvalue weighted by Gasteiger charge is -2.28. The second-order valence-corrected chi connectivity index (χ2v) is 11.3. The molecule has 0 spiro atoms. The van der Waals surface area contributed by atoms with Crippen LogP contribution in [0.25, 0.3) is 11.1 Å². The standard InChI is InChI=1S/C26H25Cl2N3O6S/c1-37-24-6-3-2-5-22(24)18-9-7-17(8-10-18)13-23(25(32)33)29-26(34)30-11-4-12-31(30)38(35,36)21-15-19(27)14-20(28)16-21/h2-3,5-10,14-16,23H,4,11-13H2,1H3,(H,29,34)(H,32,33)/t23-/m0/s1. The molecule has 2 amide bonds. The molecule has 12 heteroatoms. The summed E-state index contributed by atoms with van der Waals surface area (Å²) in [5.41, 5.74) is 2.46. The van der Waals surface area contributed by atoms with E-state index in [1.807, 2.05) is 36.4 Å². The van der Waals surface area contributed by atoms with Gasteiger partial charge in [0.2, 0.25) is 0 Å². The number of carbonyl (C=O) groups is 2. The molecule has 9 nitrogen and oxygen atoms in total. The van der Waals surface area contributed by atoms with Crippen molar-refractivity contribution in [2.24, 2.45) is 0 Å². The molecule has 2 N–H and O–H groups in total. The fraction of sp³-hybridized carbons (Fsp3) is 0.231. The van der Waals surface area contributed by atoms with E-state index >= 15 is 0 Å². The molecule has 3 aromatic rings. The third-order valence-electron chi connectivity index (χ3n) is 6.04. The van der Waals surface area contributed by atoms with Crippen LogP contribution in [-0.4, -0.2) is 61.2 Å². The first kappa shape index (κ1) is 27.7. The Morgan fingerprint density at radius 2 is 1.68 bits per heavy atom. The highest BCUT2D eigenvalue weighted by Crippen LogP contribution is 2.30. The normalized spacial score (nSPS) is 14.8. The number of ether oxygens (including phenoxy) is 1. The van der Waals surface area contributed by atoms with E-state index in [-0.39, 0.29) is 34.5 Å². The molecule has 1 fully saturated rings. The van der Waals surface area contributed by atoms with Crippen LogP contribution >= 0.6 is 23.2 Å². The average Bonchev–Trinajstić information content (AvgIpc) is 3.39. The molecule has 4 rings (SSSR count). The first-order valence-corrected chi connectivity index (χ1v) is 13.8. The minimum absolute atomic E-state index is 0.00221. The van der Waals surface area contributed by atoms with Crippen molar-refractivity contribution in [3.63, 3.8) is 0 Å². The topological polar surface area (TPSA) is 116 Å². The molecule has 38 heavy (non-hydrogen) atoms. The van der Waals surface area contributed by atoms with E-state index in [4.69, 9.17) is 27.9 Å². The summed E-state index contributed by atoms with van der Waals surface area (Å²) in [5, 5.41) is 13.5. The highest BCUT2D eigenvalue weighted by molar-refractivity contribution is 7.89. The molecule has 0 unspecified atom stereocenters. The molecular formula is C26H25Cl2N3O6S. The zero-order chi connectivity index (χ0) is 27.4. The summed E-state index contributed by atoms with van der Waals surface area (Å²) in [5.74, 6) is -0.538. The van der Waals surface area contributed by atoms with E-state index in [9.17, 15) is 23.1 Å². The lowest BCUT2D eigenvalue weighted by molar-refractivity contribution is -0.139. The second kappa shape index (κ2) is 11.6. The van der Waals surface area contributed by atoms with Crippen molar-refractivity contribution in [3.8, 4) is 16.9 Å². The number of aliphatic carboxylic acids is 1. The average molecular weight is 578 g/mol. The number of nitrogens with one attached hydrogen (secondary N) is 1. The zero-order valence-corrected chi connectivity index (χ0v) is 22.6. The Bertz CT molecular complexity index is 1430. The van der Waals surface area contributed by atoms with E-state index < -0.39 is 28.1 Å². The number of hydrogen-bond donors (Lipinski definition) is 2. The van der Waals surface area contributed by atoms with Crippen molar-refractivity contribution >= 4 is 45.2 Å². The van der Waals surface area contributed by atoms with Crippen LogP contribution in [0.5, 0.6) is 5.75 Å². The summed E-state index contributed by atoms with van der Waals surface area (Å²) < 4.78 is 32.8. The first-order chi connectivity index (χ1) is 18.1. The molecule has 200 valence electrons. The van der Waals surface area contributed by atoms with Gasteiger partial charge >= 0.3 is 12.0 Å². The number of urea groups is 1. The Morgan fingerprint density at radius 1 is 1.03 bits per heavy atom. The SMILES string of the molecule is COc1ccccc1-c1ccc(C[C@H](NC(=O)N2CCCN2S(=O)(=O)c2cc(Cl)cc(Cl)c2)C(=O)O)cc1. The van der Waals surface area contributed by atoms with E-state index in [1.54, 1.807) is 19.2 Å². The van der Waals surface area contributed by atoms with Gasteiger partial charge in [0.25, 0.3) is 10.0 Å². The number of rotatable bonds is 8. The smallest absolute Gasteiger partial charge is 0.333 e. The van der Waals surface area contributed by atoms with E-state index in [2.05, 4.69) is 5.32 Å². The van der Waals surface area contributed by atoms with Crippen LogP contribution in [0.15, 0.2) is 71.6 Å². The minimum atomic E-state index is -4.16. The van der Waals surface area contributed by atoms with Gasteiger partial charge in [0, 0.05) is 35.1 Å². The summed E-state index contributed by atoms with van der Waals surface area (Å²) >= 11 is 11.9. The van der Waals surface area contributed by atoms with Gasteiger partial charge in [0.1, 0.15) is 11.8 Å². The Hall–Kier alpha value is -3.31. The van der Waals surface area contributed by atoms with E-state index in [1.165, 1.54) is 18.2 Å². The maximum Gasteiger partial charge on any atom is 0.333 e. The maximum atomic E-state index is 13.2. The summed E-state index contributed by atoms with van der Waals surface area (Å²) in [6, 6.07) is 16.5. The lowest BCUT2D eigenvalue weighted by Crippen LogP contribution is -2.53. The molecule has 1 heterocycles. The highest BCUT2D eigenvalue weighted by Gasteiger charge is 2.38. The monoisotopic (exact) mass is 577 g/mol. The van der Waals surface area contributed by atoms with Gasteiger partial charge < -0.3 is 15.2 Å². The summed E-state index contributed by atoms with van der Waals surface area (Å²) in [7, 11) is -2.57. The second-order valence-electron chi connectivity index (χ2n) is 8.57.